The highest BCUT2D eigenvalue weighted by Crippen LogP contribution is 2.21. The molecule has 1 heterocycles. The van der Waals surface area contributed by atoms with Gasteiger partial charge in [-0.2, -0.15) is 0 Å². The van der Waals surface area contributed by atoms with E-state index in [0.29, 0.717) is 0 Å². The molecule has 0 atom stereocenters. The van der Waals surface area contributed by atoms with Gasteiger partial charge in [0.2, 0.25) is 0 Å². The molecule has 0 saturated heterocycles. The fourth-order valence-corrected chi connectivity index (χ4v) is 1.83. The maximum atomic E-state index is 4.68. The number of nitrogens with zero attached hydrogens (tertiary/aromatic N) is 1. The van der Waals surface area contributed by atoms with E-state index in [1.807, 2.05) is 39.0 Å². The Labute approximate surface area is 110 Å². The van der Waals surface area contributed by atoms with Gasteiger partial charge >= 0.3 is 0 Å². The lowest BCUT2D eigenvalue weighted by molar-refractivity contribution is 1.32. The molecule has 0 N–H and O–H groups in total. The molecular weight excluding hydrogens is 218 g/mol. The number of pyridine rings is 1. The molecule has 0 saturated carbocycles. The van der Waals surface area contributed by atoms with Gasteiger partial charge in [0, 0.05) is 10.9 Å². The molecule has 1 aromatic carbocycles. The van der Waals surface area contributed by atoms with Crippen LogP contribution in [0.4, 0.5) is 0 Å². The second-order valence-corrected chi connectivity index (χ2v) is 3.81. The highest BCUT2D eigenvalue weighted by atomic mass is 14.7. The summed E-state index contributed by atoms with van der Waals surface area (Å²) in [6, 6.07) is 8.36. The van der Waals surface area contributed by atoms with Crippen LogP contribution in [-0.4, -0.2) is 4.98 Å². The fourth-order valence-electron chi connectivity index (χ4n) is 1.83. The quantitative estimate of drug-likeness (QED) is 0.698. The molecule has 0 unspecified atom stereocenters. The Morgan fingerprint density at radius 2 is 1.94 bits per heavy atom. The minimum absolute atomic E-state index is 0.985. The van der Waals surface area contributed by atoms with Gasteiger partial charge in [-0.05, 0) is 31.6 Å². The first-order chi connectivity index (χ1) is 8.76. The molecule has 0 aliphatic rings. The standard InChI is InChI=1S/C15H15N.C2H6/c1-4-7-14-12(5-2)10-13-9-6-8-11(3)15(13)16-14;1-2/h4-10H,2H2,1,3H3;1-2H3/b7-4-;. The highest BCUT2D eigenvalue weighted by molar-refractivity contribution is 5.85. The lowest BCUT2D eigenvalue weighted by atomic mass is 10.1. The number of benzene rings is 1. The van der Waals surface area contributed by atoms with Crippen LogP contribution in [-0.2, 0) is 0 Å². The normalized spacial score (nSPS) is 10.2. The number of rotatable bonds is 2. The molecule has 18 heavy (non-hydrogen) atoms. The summed E-state index contributed by atoms with van der Waals surface area (Å²) in [5.41, 5.74) is 4.34. The molecule has 94 valence electrons. The van der Waals surface area contributed by atoms with E-state index < -0.39 is 0 Å². The van der Waals surface area contributed by atoms with Gasteiger partial charge in [-0.3, -0.25) is 0 Å². The van der Waals surface area contributed by atoms with Gasteiger partial charge in [0.25, 0.3) is 0 Å². The molecule has 0 amide bonds. The predicted molar refractivity (Wildman–Crippen MR) is 82.6 cm³/mol. The van der Waals surface area contributed by atoms with Crippen molar-refractivity contribution in [1.29, 1.82) is 0 Å². The van der Waals surface area contributed by atoms with Crippen LogP contribution in [0.3, 0.4) is 0 Å². The topological polar surface area (TPSA) is 12.9 Å². The molecule has 1 heteroatoms. The van der Waals surface area contributed by atoms with E-state index in [9.17, 15) is 0 Å². The van der Waals surface area contributed by atoms with E-state index in [0.717, 1.165) is 16.8 Å². The van der Waals surface area contributed by atoms with Crippen LogP contribution in [0.15, 0.2) is 36.9 Å². The predicted octanol–water partition coefficient (Wildman–Crippen LogP) is 5.25. The van der Waals surface area contributed by atoms with E-state index >= 15 is 0 Å². The molecule has 1 aromatic heterocycles. The molecule has 0 spiro atoms. The van der Waals surface area contributed by atoms with Gasteiger partial charge in [-0.15, -0.1) is 0 Å². The van der Waals surface area contributed by atoms with E-state index in [1.165, 1.54) is 10.9 Å². The van der Waals surface area contributed by atoms with Crippen molar-refractivity contribution in [3.63, 3.8) is 0 Å². The van der Waals surface area contributed by atoms with Crippen molar-refractivity contribution in [2.75, 3.05) is 0 Å². The van der Waals surface area contributed by atoms with Gasteiger partial charge in [0.1, 0.15) is 0 Å². The maximum Gasteiger partial charge on any atom is 0.0738 e. The third kappa shape index (κ3) is 2.86. The summed E-state index contributed by atoms with van der Waals surface area (Å²) < 4.78 is 0. The Kier molecular flexibility index (Phi) is 5.31. The molecule has 0 bridgehead atoms. The summed E-state index contributed by atoms with van der Waals surface area (Å²) in [4.78, 5) is 4.68. The third-order valence-corrected chi connectivity index (χ3v) is 2.65. The Morgan fingerprint density at radius 1 is 1.22 bits per heavy atom. The van der Waals surface area contributed by atoms with E-state index in [1.54, 1.807) is 0 Å². The summed E-state index contributed by atoms with van der Waals surface area (Å²) in [6.07, 6.45) is 5.87. The first-order valence-electron chi connectivity index (χ1n) is 6.41. The molecular formula is C17H21N. The minimum atomic E-state index is 0.985. The van der Waals surface area contributed by atoms with Crippen LogP contribution in [0.1, 0.15) is 37.6 Å². The second kappa shape index (κ2) is 6.75. The van der Waals surface area contributed by atoms with Crippen molar-refractivity contribution in [1.82, 2.24) is 4.98 Å². The molecule has 0 aliphatic carbocycles. The van der Waals surface area contributed by atoms with Gasteiger partial charge in [0.15, 0.2) is 0 Å². The lowest BCUT2D eigenvalue weighted by Crippen LogP contribution is -1.90. The van der Waals surface area contributed by atoms with Gasteiger partial charge < -0.3 is 0 Å². The Bertz CT molecular complexity index is 565. The lowest BCUT2D eigenvalue weighted by Gasteiger charge is -2.06. The zero-order valence-corrected chi connectivity index (χ0v) is 11.7. The SMILES string of the molecule is C=Cc1cc2cccc(C)c2nc1/C=C\C.CC. The molecule has 2 aromatic rings. The number of aryl methyl sites for hydroxylation is 1. The summed E-state index contributed by atoms with van der Waals surface area (Å²) in [7, 11) is 0. The monoisotopic (exact) mass is 239 g/mol. The van der Waals surface area contributed by atoms with Crippen molar-refractivity contribution in [2.45, 2.75) is 27.7 Å². The second-order valence-electron chi connectivity index (χ2n) is 3.81. The first kappa shape index (κ1) is 14.2. The van der Waals surface area contributed by atoms with Crippen molar-refractivity contribution < 1.29 is 0 Å². The zero-order chi connectivity index (χ0) is 13.5. The number of aromatic nitrogens is 1. The first-order valence-corrected chi connectivity index (χ1v) is 6.41. The Hall–Kier alpha value is -1.89. The van der Waals surface area contributed by atoms with Crippen LogP contribution in [0, 0.1) is 6.92 Å². The summed E-state index contributed by atoms with van der Waals surface area (Å²) in [6.45, 7) is 11.9. The van der Waals surface area contributed by atoms with Crippen LogP contribution in [0.2, 0.25) is 0 Å². The highest BCUT2D eigenvalue weighted by Gasteiger charge is 2.03. The molecule has 0 fully saturated rings. The summed E-state index contributed by atoms with van der Waals surface area (Å²) in [5, 5.41) is 1.17. The summed E-state index contributed by atoms with van der Waals surface area (Å²) in [5.74, 6) is 0. The van der Waals surface area contributed by atoms with Crippen LogP contribution >= 0.6 is 0 Å². The summed E-state index contributed by atoms with van der Waals surface area (Å²) >= 11 is 0. The van der Waals surface area contributed by atoms with Crippen LogP contribution < -0.4 is 0 Å². The number of hydrogen-bond donors (Lipinski definition) is 0. The fraction of sp³-hybridized carbons (Fsp3) is 0.235. The Morgan fingerprint density at radius 3 is 2.56 bits per heavy atom. The van der Waals surface area contributed by atoms with Crippen molar-refractivity contribution in [3.05, 3.63) is 53.7 Å². The average Bonchev–Trinajstić information content (AvgIpc) is 2.42. The van der Waals surface area contributed by atoms with Gasteiger partial charge in [-0.25, -0.2) is 4.98 Å². The number of para-hydroxylation sites is 1. The van der Waals surface area contributed by atoms with Crippen LogP contribution in [0.5, 0.6) is 0 Å². The van der Waals surface area contributed by atoms with Crippen molar-refractivity contribution in [2.24, 2.45) is 0 Å². The minimum Gasteiger partial charge on any atom is -0.248 e. The third-order valence-electron chi connectivity index (χ3n) is 2.65. The van der Waals surface area contributed by atoms with Gasteiger partial charge in [0.05, 0.1) is 11.2 Å². The number of hydrogen-bond acceptors (Lipinski definition) is 1. The van der Waals surface area contributed by atoms with E-state index in [-0.39, 0.29) is 0 Å². The largest absolute Gasteiger partial charge is 0.248 e. The van der Waals surface area contributed by atoms with Crippen molar-refractivity contribution in [3.8, 4) is 0 Å². The molecule has 0 radical (unpaired) electrons. The smallest absolute Gasteiger partial charge is 0.0738 e. The molecule has 2 rings (SSSR count). The molecule has 1 nitrogen and oxygen atoms in total. The van der Waals surface area contributed by atoms with Crippen molar-refractivity contribution >= 4 is 23.1 Å². The maximum absolute atomic E-state index is 4.68. The number of fused-ring (bicyclic) bond motifs is 1. The molecule has 0 aliphatic heterocycles. The zero-order valence-electron chi connectivity index (χ0n) is 11.7. The van der Waals surface area contributed by atoms with Crippen LogP contribution in [0.25, 0.3) is 23.1 Å². The Balaban J connectivity index is 0.000000771. The number of allylic oxidation sites excluding steroid dienone is 1. The average molecular weight is 239 g/mol. The van der Waals surface area contributed by atoms with E-state index in [2.05, 4.69) is 42.8 Å². The van der Waals surface area contributed by atoms with E-state index in [4.69, 9.17) is 0 Å². The van der Waals surface area contributed by atoms with Gasteiger partial charge in [-0.1, -0.05) is 50.8 Å².